The van der Waals surface area contributed by atoms with Gasteiger partial charge in [0.1, 0.15) is 0 Å². The number of fused-ring (bicyclic) bond motifs is 1. The van der Waals surface area contributed by atoms with Crippen LogP contribution >= 0.6 is 0 Å². The molecule has 1 aliphatic carbocycles. The Morgan fingerprint density at radius 2 is 2.25 bits per heavy atom. The maximum Gasteiger partial charge on any atom is 0.319 e. The van der Waals surface area contributed by atoms with Crippen molar-refractivity contribution in [3.8, 4) is 6.01 Å². The van der Waals surface area contributed by atoms with E-state index >= 15 is 0 Å². The molecule has 1 aliphatic heterocycles. The van der Waals surface area contributed by atoms with Gasteiger partial charge in [-0.3, -0.25) is 4.79 Å². The molecule has 108 valence electrons. The van der Waals surface area contributed by atoms with Gasteiger partial charge in [0.25, 0.3) is 5.91 Å². The van der Waals surface area contributed by atoms with Gasteiger partial charge in [-0.1, -0.05) is 13.3 Å². The molecule has 20 heavy (non-hydrogen) atoms. The lowest BCUT2D eigenvalue weighted by atomic mass is 10.2. The van der Waals surface area contributed by atoms with Gasteiger partial charge in [0.05, 0.1) is 6.20 Å². The van der Waals surface area contributed by atoms with Gasteiger partial charge in [-0.15, -0.1) is 0 Å². The van der Waals surface area contributed by atoms with E-state index in [1.165, 1.54) is 6.42 Å². The molecule has 2 heterocycles. The standard InChI is InChI=1S/C13H17FN4O2/c1-2-7-8-4-18(5-9(7)8)12-10(14)3-16-13(17-12)20-6-11(15)19/h3,7-9H,2,4-6H2,1H3,(H2,15,19)/t7-,8-,9+. The number of piperidine rings is 1. The third-order valence-corrected chi connectivity index (χ3v) is 4.19. The molecule has 0 aromatic carbocycles. The van der Waals surface area contributed by atoms with Crippen LogP contribution in [0, 0.1) is 23.6 Å². The second-order valence-corrected chi connectivity index (χ2v) is 5.38. The Balaban J connectivity index is 1.70. The van der Waals surface area contributed by atoms with Crippen LogP contribution in [0.25, 0.3) is 0 Å². The van der Waals surface area contributed by atoms with Crippen molar-refractivity contribution in [1.82, 2.24) is 9.97 Å². The molecule has 3 rings (SSSR count). The molecule has 1 aromatic heterocycles. The van der Waals surface area contributed by atoms with Crippen LogP contribution < -0.4 is 15.4 Å². The summed E-state index contributed by atoms with van der Waals surface area (Å²) < 4.78 is 18.8. The maximum atomic E-state index is 13.8. The SMILES string of the molecule is CC[C@@H]1[C@H]2CN(c3nc(OCC(N)=O)ncc3F)C[C@@H]12. The summed E-state index contributed by atoms with van der Waals surface area (Å²) in [6.45, 7) is 3.53. The van der Waals surface area contributed by atoms with Gasteiger partial charge in [-0.05, 0) is 17.8 Å². The summed E-state index contributed by atoms with van der Waals surface area (Å²) >= 11 is 0. The highest BCUT2D eigenvalue weighted by Crippen LogP contribution is 2.54. The zero-order chi connectivity index (χ0) is 14.3. The second-order valence-electron chi connectivity index (χ2n) is 5.38. The van der Waals surface area contributed by atoms with Gasteiger partial charge in [0.15, 0.2) is 18.2 Å². The van der Waals surface area contributed by atoms with E-state index in [1.807, 2.05) is 4.90 Å². The van der Waals surface area contributed by atoms with E-state index in [1.54, 1.807) is 0 Å². The number of nitrogens with zero attached hydrogens (tertiary/aromatic N) is 3. The van der Waals surface area contributed by atoms with Crippen molar-refractivity contribution >= 4 is 11.7 Å². The molecule has 7 heteroatoms. The third-order valence-electron chi connectivity index (χ3n) is 4.19. The van der Waals surface area contributed by atoms with E-state index in [9.17, 15) is 9.18 Å². The fourth-order valence-corrected chi connectivity index (χ4v) is 3.20. The molecule has 1 saturated carbocycles. The molecule has 2 aliphatic rings. The lowest BCUT2D eigenvalue weighted by Gasteiger charge is -2.21. The summed E-state index contributed by atoms with van der Waals surface area (Å²) in [5, 5.41) is 0. The highest BCUT2D eigenvalue weighted by Gasteiger charge is 2.54. The summed E-state index contributed by atoms with van der Waals surface area (Å²) in [4.78, 5) is 20.3. The largest absolute Gasteiger partial charge is 0.453 e. The van der Waals surface area contributed by atoms with E-state index in [0.29, 0.717) is 11.8 Å². The van der Waals surface area contributed by atoms with Crippen molar-refractivity contribution in [3.05, 3.63) is 12.0 Å². The molecule has 3 atom stereocenters. The number of carbonyl (C=O) groups is 1. The number of amides is 1. The highest BCUT2D eigenvalue weighted by atomic mass is 19.1. The highest BCUT2D eigenvalue weighted by molar-refractivity contribution is 5.75. The fraction of sp³-hybridized carbons (Fsp3) is 0.615. The van der Waals surface area contributed by atoms with Gasteiger partial charge in [0.2, 0.25) is 0 Å². The first-order valence-corrected chi connectivity index (χ1v) is 6.78. The van der Waals surface area contributed by atoms with Gasteiger partial charge in [-0.25, -0.2) is 9.37 Å². The van der Waals surface area contributed by atoms with Crippen LogP contribution in [0.4, 0.5) is 10.2 Å². The van der Waals surface area contributed by atoms with Gasteiger partial charge < -0.3 is 15.4 Å². The molecule has 0 bridgehead atoms. The molecule has 1 saturated heterocycles. The number of hydrogen-bond donors (Lipinski definition) is 1. The number of ether oxygens (including phenoxy) is 1. The molecular weight excluding hydrogens is 263 g/mol. The Morgan fingerprint density at radius 1 is 1.55 bits per heavy atom. The predicted octanol–water partition coefficient (Wildman–Crippen LogP) is 0.572. The molecule has 2 N–H and O–H groups in total. The Bertz CT molecular complexity index is 527. The Kier molecular flexibility index (Phi) is 3.19. The van der Waals surface area contributed by atoms with Crippen molar-refractivity contribution < 1.29 is 13.9 Å². The molecule has 6 nitrogen and oxygen atoms in total. The normalized spacial score (nSPS) is 27.3. The van der Waals surface area contributed by atoms with Crippen molar-refractivity contribution in [3.63, 3.8) is 0 Å². The van der Waals surface area contributed by atoms with Crippen LogP contribution in [-0.2, 0) is 4.79 Å². The smallest absolute Gasteiger partial charge is 0.319 e. The maximum absolute atomic E-state index is 13.8. The number of aromatic nitrogens is 2. The summed E-state index contributed by atoms with van der Waals surface area (Å²) in [5.74, 6) is 1.26. The molecule has 0 spiro atoms. The predicted molar refractivity (Wildman–Crippen MR) is 69.7 cm³/mol. The van der Waals surface area contributed by atoms with Gasteiger partial charge >= 0.3 is 6.01 Å². The number of nitrogens with two attached hydrogens (primary N) is 1. The molecule has 0 radical (unpaired) electrons. The first-order valence-electron chi connectivity index (χ1n) is 6.78. The quantitative estimate of drug-likeness (QED) is 0.853. The van der Waals surface area contributed by atoms with Gasteiger partial charge in [-0.2, -0.15) is 4.98 Å². The van der Waals surface area contributed by atoms with Crippen LogP contribution in [0.5, 0.6) is 6.01 Å². The van der Waals surface area contributed by atoms with Crippen molar-refractivity contribution in [2.24, 2.45) is 23.5 Å². The summed E-state index contributed by atoms with van der Waals surface area (Å²) in [6, 6.07) is -0.0205. The Morgan fingerprint density at radius 3 is 2.85 bits per heavy atom. The van der Waals surface area contributed by atoms with Crippen LogP contribution in [0.2, 0.25) is 0 Å². The van der Waals surface area contributed by atoms with Crippen LogP contribution in [-0.4, -0.2) is 35.6 Å². The number of anilines is 1. The van der Waals surface area contributed by atoms with Gasteiger partial charge in [0, 0.05) is 13.1 Å². The second kappa shape index (κ2) is 4.88. The minimum atomic E-state index is -0.618. The Hall–Kier alpha value is -1.92. The zero-order valence-corrected chi connectivity index (χ0v) is 11.3. The van der Waals surface area contributed by atoms with E-state index in [-0.39, 0.29) is 18.4 Å². The minimum absolute atomic E-state index is 0.0205. The average molecular weight is 280 g/mol. The average Bonchev–Trinajstić information content (AvgIpc) is 2.89. The van der Waals surface area contributed by atoms with Crippen molar-refractivity contribution in [1.29, 1.82) is 0 Å². The van der Waals surface area contributed by atoms with Crippen molar-refractivity contribution in [2.45, 2.75) is 13.3 Å². The third kappa shape index (κ3) is 2.28. The molecule has 2 fully saturated rings. The summed E-state index contributed by atoms with van der Waals surface area (Å²) in [6.07, 6.45) is 2.25. The first-order chi connectivity index (χ1) is 9.60. The number of rotatable bonds is 5. The summed E-state index contributed by atoms with van der Waals surface area (Å²) in [5.41, 5.74) is 4.98. The first kappa shape index (κ1) is 13.1. The number of hydrogen-bond acceptors (Lipinski definition) is 5. The van der Waals surface area contributed by atoms with E-state index in [4.69, 9.17) is 10.5 Å². The number of carbonyl (C=O) groups excluding carboxylic acids is 1. The molecule has 0 unspecified atom stereocenters. The monoisotopic (exact) mass is 280 g/mol. The van der Waals surface area contributed by atoms with Crippen LogP contribution in [0.1, 0.15) is 13.3 Å². The molecule has 1 amide bonds. The summed E-state index contributed by atoms with van der Waals surface area (Å²) in [7, 11) is 0. The topological polar surface area (TPSA) is 81.3 Å². The van der Waals surface area contributed by atoms with E-state index in [2.05, 4.69) is 16.9 Å². The number of halogens is 1. The minimum Gasteiger partial charge on any atom is -0.453 e. The zero-order valence-electron chi connectivity index (χ0n) is 11.3. The van der Waals surface area contributed by atoms with Crippen LogP contribution in [0.3, 0.4) is 0 Å². The van der Waals surface area contributed by atoms with Crippen molar-refractivity contribution in [2.75, 3.05) is 24.6 Å². The number of primary amides is 1. The Labute approximate surface area is 116 Å². The van der Waals surface area contributed by atoms with E-state index in [0.717, 1.165) is 25.2 Å². The fourth-order valence-electron chi connectivity index (χ4n) is 3.20. The van der Waals surface area contributed by atoms with E-state index < -0.39 is 11.7 Å². The molecular formula is C13H17FN4O2. The molecule has 1 aromatic rings. The lowest BCUT2D eigenvalue weighted by molar-refractivity contribution is -0.120. The van der Waals surface area contributed by atoms with Crippen LogP contribution in [0.15, 0.2) is 6.20 Å². The lowest BCUT2D eigenvalue weighted by Crippen LogP contribution is -2.26.